The van der Waals surface area contributed by atoms with E-state index >= 15 is 0 Å². The highest BCUT2D eigenvalue weighted by Gasteiger charge is 2.31. The number of amides is 1. The third-order valence-corrected chi connectivity index (χ3v) is 3.45. The van der Waals surface area contributed by atoms with E-state index in [0.717, 1.165) is 25.7 Å². The fourth-order valence-electron chi connectivity index (χ4n) is 2.45. The van der Waals surface area contributed by atoms with Gasteiger partial charge in [0.2, 0.25) is 5.91 Å². The van der Waals surface area contributed by atoms with Crippen LogP contribution in [0.25, 0.3) is 0 Å². The fraction of sp³-hybridized carbons (Fsp3) is 0.917. The Labute approximate surface area is 103 Å². The molecule has 0 aromatic rings. The third-order valence-electron chi connectivity index (χ3n) is 3.45. The van der Waals surface area contributed by atoms with Gasteiger partial charge in [-0.1, -0.05) is 19.3 Å². The standard InChI is InChI=1S/C12H24N2O3/c13-12(4-2-1-3-5-12)10-11(17)14(6-8-15)7-9-16/h15-16H,1-10,13H2. The van der Waals surface area contributed by atoms with Crippen molar-refractivity contribution in [2.45, 2.75) is 44.1 Å². The minimum atomic E-state index is -0.376. The van der Waals surface area contributed by atoms with Crippen LogP contribution in [0.5, 0.6) is 0 Å². The molecule has 5 nitrogen and oxygen atoms in total. The van der Waals surface area contributed by atoms with Crippen LogP contribution in [-0.4, -0.2) is 52.9 Å². The molecule has 0 spiro atoms. The molecule has 1 rings (SSSR count). The van der Waals surface area contributed by atoms with Crippen LogP contribution in [-0.2, 0) is 4.79 Å². The molecule has 1 saturated carbocycles. The van der Waals surface area contributed by atoms with Gasteiger partial charge in [-0.2, -0.15) is 0 Å². The number of aliphatic hydroxyl groups is 2. The number of hydrogen-bond donors (Lipinski definition) is 3. The number of nitrogens with two attached hydrogens (primary N) is 1. The molecule has 1 amide bonds. The van der Waals surface area contributed by atoms with Crippen LogP contribution in [0.1, 0.15) is 38.5 Å². The van der Waals surface area contributed by atoms with Crippen LogP contribution in [0.4, 0.5) is 0 Å². The molecule has 17 heavy (non-hydrogen) atoms. The predicted octanol–water partition coefficient (Wildman–Crippen LogP) is -0.149. The molecule has 0 aliphatic heterocycles. The molecular weight excluding hydrogens is 220 g/mol. The first-order valence-corrected chi connectivity index (χ1v) is 6.40. The van der Waals surface area contributed by atoms with Crippen LogP contribution >= 0.6 is 0 Å². The Bertz CT molecular complexity index is 234. The minimum Gasteiger partial charge on any atom is -0.395 e. The number of hydrogen-bond acceptors (Lipinski definition) is 4. The normalized spacial score (nSPS) is 19.0. The van der Waals surface area contributed by atoms with Gasteiger partial charge in [0.15, 0.2) is 0 Å². The Morgan fingerprint density at radius 3 is 2.12 bits per heavy atom. The van der Waals surface area contributed by atoms with Crippen molar-refractivity contribution in [3.8, 4) is 0 Å². The lowest BCUT2D eigenvalue weighted by atomic mass is 9.80. The highest BCUT2D eigenvalue weighted by atomic mass is 16.3. The van der Waals surface area contributed by atoms with E-state index in [1.165, 1.54) is 11.3 Å². The molecule has 4 N–H and O–H groups in total. The van der Waals surface area contributed by atoms with Crippen molar-refractivity contribution in [3.63, 3.8) is 0 Å². The third kappa shape index (κ3) is 4.61. The zero-order valence-corrected chi connectivity index (χ0v) is 10.4. The van der Waals surface area contributed by atoms with Crippen molar-refractivity contribution in [1.29, 1.82) is 0 Å². The van der Waals surface area contributed by atoms with Gasteiger partial charge in [-0.25, -0.2) is 0 Å². The molecule has 1 fully saturated rings. The van der Waals surface area contributed by atoms with E-state index in [1.54, 1.807) is 0 Å². The summed E-state index contributed by atoms with van der Waals surface area (Å²) < 4.78 is 0. The van der Waals surface area contributed by atoms with Gasteiger partial charge in [0.1, 0.15) is 0 Å². The van der Waals surface area contributed by atoms with Crippen LogP contribution in [0.15, 0.2) is 0 Å². The highest BCUT2D eigenvalue weighted by molar-refractivity contribution is 5.77. The van der Waals surface area contributed by atoms with Gasteiger partial charge in [0, 0.05) is 25.0 Å². The first-order valence-electron chi connectivity index (χ1n) is 6.40. The molecule has 0 bridgehead atoms. The summed E-state index contributed by atoms with van der Waals surface area (Å²) in [6, 6.07) is 0. The van der Waals surface area contributed by atoms with Crippen LogP contribution in [0, 0.1) is 0 Å². The number of aliphatic hydroxyl groups excluding tert-OH is 2. The number of nitrogens with zero attached hydrogens (tertiary/aromatic N) is 1. The fourth-order valence-corrected chi connectivity index (χ4v) is 2.45. The Hall–Kier alpha value is -0.650. The molecule has 0 atom stereocenters. The molecule has 0 unspecified atom stereocenters. The summed E-state index contributed by atoms with van der Waals surface area (Å²) >= 11 is 0. The average Bonchev–Trinajstić information content (AvgIpc) is 2.29. The molecule has 100 valence electrons. The van der Waals surface area contributed by atoms with Crippen molar-refractivity contribution in [3.05, 3.63) is 0 Å². The number of rotatable bonds is 6. The lowest BCUT2D eigenvalue weighted by Crippen LogP contribution is -2.48. The summed E-state index contributed by atoms with van der Waals surface area (Å²) in [5.41, 5.74) is 5.84. The summed E-state index contributed by atoms with van der Waals surface area (Å²) in [5.74, 6) is -0.0579. The minimum absolute atomic E-state index is 0.0579. The van der Waals surface area contributed by atoms with Gasteiger partial charge in [0.25, 0.3) is 0 Å². The Morgan fingerprint density at radius 1 is 1.12 bits per heavy atom. The van der Waals surface area contributed by atoms with E-state index in [0.29, 0.717) is 6.42 Å². The Balaban J connectivity index is 2.49. The van der Waals surface area contributed by atoms with E-state index in [-0.39, 0.29) is 37.7 Å². The Morgan fingerprint density at radius 2 is 1.65 bits per heavy atom. The van der Waals surface area contributed by atoms with Crippen molar-refractivity contribution >= 4 is 5.91 Å². The number of carbonyl (C=O) groups is 1. The van der Waals surface area contributed by atoms with Gasteiger partial charge in [-0.3, -0.25) is 4.79 Å². The summed E-state index contributed by atoms with van der Waals surface area (Å²) in [7, 11) is 0. The lowest BCUT2D eigenvalue weighted by molar-refractivity contribution is -0.133. The van der Waals surface area contributed by atoms with E-state index < -0.39 is 0 Å². The molecule has 5 heteroatoms. The van der Waals surface area contributed by atoms with Gasteiger partial charge in [-0.05, 0) is 12.8 Å². The van der Waals surface area contributed by atoms with E-state index in [2.05, 4.69) is 0 Å². The topological polar surface area (TPSA) is 86.8 Å². The second-order valence-electron chi connectivity index (χ2n) is 4.93. The monoisotopic (exact) mass is 244 g/mol. The smallest absolute Gasteiger partial charge is 0.224 e. The largest absolute Gasteiger partial charge is 0.395 e. The zero-order chi connectivity index (χ0) is 12.7. The van der Waals surface area contributed by atoms with Crippen LogP contribution in [0.3, 0.4) is 0 Å². The molecular formula is C12H24N2O3. The maximum Gasteiger partial charge on any atom is 0.224 e. The number of carbonyl (C=O) groups excluding carboxylic acids is 1. The van der Waals surface area contributed by atoms with E-state index in [4.69, 9.17) is 15.9 Å². The van der Waals surface area contributed by atoms with Crippen LogP contribution < -0.4 is 5.73 Å². The lowest BCUT2D eigenvalue weighted by Gasteiger charge is -2.34. The van der Waals surface area contributed by atoms with Crippen molar-refractivity contribution in [2.75, 3.05) is 26.3 Å². The molecule has 1 aliphatic rings. The second-order valence-corrected chi connectivity index (χ2v) is 4.93. The second kappa shape index (κ2) is 6.93. The predicted molar refractivity (Wildman–Crippen MR) is 65.4 cm³/mol. The van der Waals surface area contributed by atoms with E-state index in [9.17, 15) is 4.79 Å². The average molecular weight is 244 g/mol. The zero-order valence-electron chi connectivity index (χ0n) is 10.4. The van der Waals surface area contributed by atoms with Crippen LogP contribution in [0.2, 0.25) is 0 Å². The summed E-state index contributed by atoms with van der Waals surface area (Å²) in [5, 5.41) is 17.8. The summed E-state index contributed by atoms with van der Waals surface area (Å²) in [6.45, 7) is 0.386. The van der Waals surface area contributed by atoms with E-state index in [1.807, 2.05) is 0 Å². The van der Waals surface area contributed by atoms with Crippen molar-refractivity contribution < 1.29 is 15.0 Å². The molecule has 0 aromatic heterocycles. The molecule has 1 aliphatic carbocycles. The van der Waals surface area contributed by atoms with Gasteiger partial charge in [-0.15, -0.1) is 0 Å². The molecule has 0 aromatic carbocycles. The molecule has 0 radical (unpaired) electrons. The molecule has 0 saturated heterocycles. The van der Waals surface area contributed by atoms with Crippen molar-refractivity contribution in [1.82, 2.24) is 4.90 Å². The molecule has 0 heterocycles. The Kier molecular flexibility index (Phi) is 5.88. The first-order chi connectivity index (χ1) is 8.11. The first kappa shape index (κ1) is 14.4. The summed E-state index contributed by atoms with van der Waals surface area (Å²) in [4.78, 5) is 13.5. The summed E-state index contributed by atoms with van der Waals surface area (Å²) in [6.07, 6.45) is 5.49. The van der Waals surface area contributed by atoms with Gasteiger partial charge in [0.05, 0.1) is 13.2 Å². The van der Waals surface area contributed by atoms with Crippen molar-refractivity contribution in [2.24, 2.45) is 5.73 Å². The van der Waals surface area contributed by atoms with Gasteiger partial charge < -0.3 is 20.8 Å². The van der Waals surface area contributed by atoms with Gasteiger partial charge >= 0.3 is 0 Å². The SMILES string of the molecule is NC1(CC(=O)N(CCO)CCO)CCCCC1. The maximum atomic E-state index is 12.0. The maximum absolute atomic E-state index is 12.0. The highest BCUT2D eigenvalue weighted by Crippen LogP contribution is 2.29. The quantitative estimate of drug-likeness (QED) is 0.606.